The van der Waals surface area contributed by atoms with Gasteiger partial charge in [0.25, 0.3) is 0 Å². The molecule has 15 heavy (non-hydrogen) atoms. The molecule has 1 heterocycles. The van der Waals surface area contributed by atoms with Gasteiger partial charge in [-0.3, -0.25) is 4.98 Å². The predicted molar refractivity (Wildman–Crippen MR) is 58.8 cm³/mol. The van der Waals surface area contributed by atoms with Crippen LogP contribution in [0.5, 0.6) is 0 Å². The summed E-state index contributed by atoms with van der Waals surface area (Å²) in [5.74, 6) is -0.333. The summed E-state index contributed by atoms with van der Waals surface area (Å²) in [6.45, 7) is 1.97. The molecule has 0 aliphatic rings. The minimum atomic E-state index is -0.333. The number of aromatic nitrogens is 1. The number of benzene rings is 1. The molecule has 2 aromatic rings. The van der Waals surface area contributed by atoms with Gasteiger partial charge in [0.2, 0.25) is 0 Å². The minimum absolute atomic E-state index is 0.333. The number of rotatable bonds is 1. The lowest BCUT2D eigenvalue weighted by Crippen LogP contribution is -1.91. The molecule has 2 N–H and O–H groups in total. The van der Waals surface area contributed by atoms with Crippen LogP contribution in [0.4, 0.5) is 10.1 Å². The van der Waals surface area contributed by atoms with Crippen molar-refractivity contribution in [3.63, 3.8) is 0 Å². The number of nitrogens with two attached hydrogens (primary N) is 1. The summed E-state index contributed by atoms with van der Waals surface area (Å²) >= 11 is 0. The smallest absolute Gasteiger partial charge is 0.141 e. The van der Waals surface area contributed by atoms with Gasteiger partial charge < -0.3 is 5.73 Å². The molecule has 0 atom stereocenters. The fourth-order valence-corrected chi connectivity index (χ4v) is 1.45. The van der Waals surface area contributed by atoms with Crippen LogP contribution in [0, 0.1) is 12.7 Å². The van der Waals surface area contributed by atoms with E-state index >= 15 is 0 Å². The highest BCUT2D eigenvalue weighted by molar-refractivity contribution is 5.67. The highest BCUT2D eigenvalue weighted by Gasteiger charge is 2.03. The molecule has 1 aromatic carbocycles. The zero-order valence-electron chi connectivity index (χ0n) is 8.37. The van der Waals surface area contributed by atoms with Crippen LogP contribution in [0.1, 0.15) is 5.56 Å². The van der Waals surface area contributed by atoms with Crippen LogP contribution in [0.15, 0.2) is 36.5 Å². The maximum atomic E-state index is 12.7. The van der Waals surface area contributed by atoms with Gasteiger partial charge in [-0.25, -0.2) is 4.39 Å². The monoisotopic (exact) mass is 202 g/mol. The van der Waals surface area contributed by atoms with Gasteiger partial charge in [-0.1, -0.05) is 6.07 Å². The van der Waals surface area contributed by atoms with Gasteiger partial charge in [-0.15, -0.1) is 0 Å². The lowest BCUT2D eigenvalue weighted by atomic mass is 10.0. The third-order valence-corrected chi connectivity index (χ3v) is 2.26. The van der Waals surface area contributed by atoms with Crippen LogP contribution in [-0.2, 0) is 0 Å². The second-order valence-electron chi connectivity index (χ2n) is 3.44. The molecule has 2 nitrogen and oxygen atoms in total. The highest BCUT2D eigenvalue weighted by atomic mass is 19.1. The van der Waals surface area contributed by atoms with Gasteiger partial charge in [0, 0.05) is 11.3 Å². The van der Waals surface area contributed by atoms with Crippen LogP contribution in [-0.4, -0.2) is 4.98 Å². The average Bonchev–Trinajstić information content (AvgIpc) is 2.23. The maximum absolute atomic E-state index is 12.7. The standard InChI is InChI=1S/C12H11FN2/c1-8-2-4-10(14)6-11(8)12-5-3-9(13)7-15-12/h2-7H,14H2,1H3. The van der Waals surface area contributed by atoms with Crippen LogP contribution in [0.3, 0.4) is 0 Å². The van der Waals surface area contributed by atoms with E-state index in [2.05, 4.69) is 4.98 Å². The lowest BCUT2D eigenvalue weighted by Gasteiger charge is -2.05. The van der Waals surface area contributed by atoms with Crippen molar-refractivity contribution < 1.29 is 4.39 Å². The van der Waals surface area contributed by atoms with Crippen molar-refractivity contribution in [3.05, 3.63) is 47.9 Å². The summed E-state index contributed by atoms with van der Waals surface area (Å²) in [5.41, 5.74) is 9.12. The normalized spacial score (nSPS) is 10.3. The summed E-state index contributed by atoms with van der Waals surface area (Å²) in [6, 6.07) is 8.65. The second kappa shape index (κ2) is 3.69. The van der Waals surface area contributed by atoms with E-state index in [0.717, 1.165) is 16.8 Å². The first-order valence-corrected chi connectivity index (χ1v) is 4.65. The van der Waals surface area contributed by atoms with E-state index in [1.165, 1.54) is 12.3 Å². The molecule has 0 saturated carbocycles. The molecule has 0 amide bonds. The Morgan fingerprint density at radius 3 is 2.67 bits per heavy atom. The Hall–Kier alpha value is -1.90. The van der Waals surface area contributed by atoms with Crippen molar-refractivity contribution in [1.29, 1.82) is 0 Å². The van der Waals surface area contributed by atoms with E-state index in [1.807, 2.05) is 25.1 Å². The summed E-state index contributed by atoms with van der Waals surface area (Å²) in [4.78, 5) is 4.02. The third kappa shape index (κ3) is 1.96. The zero-order chi connectivity index (χ0) is 10.8. The van der Waals surface area contributed by atoms with Crippen LogP contribution in [0.2, 0.25) is 0 Å². The Labute approximate surface area is 87.6 Å². The Morgan fingerprint density at radius 1 is 1.20 bits per heavy atom. The van der Waals surface area contributed by atoms with E-state index < -0.39 is 0 Å². The van der Waals surface area contributed by atoms with E-state index in [9.17, 15) is 4.39 Å². The van der Waals surface area contributed by atoms with Gasteiger partial charge in [-0.05, 0) is 36.8 Å². The summed E-state index contributed by atoms with van der Waals surface area (Å²) in [6.07, 6.45) is 1.21. The molecule has 0 aliphatic carbocycles. The van der Waals surface area contributed by atoms with E-state index in [0.29, 0.717) is 5.69 Å². The molecule has 0 spiro atoms. The van der Waals surface area contributed by atoms with Gasteiger partial charge in [0.15, 0.2) is 0 Å². The van der Waals surface area contributed by atoms with Crippen molar-refractivity contribution in [2.75, 3.05) is 5.73 Å². The van der Waals surface area contributed by atoms with Gasteiger partial charge in [0.05, 0.1) is 11.9 Å². The van der Waals surface area contributed by atoms with Gasteiger partial charge in [0.1, 0.15) is 5.82 Å². The first-order valence-electron chi connectivity index (χ1n) is 4.65. The molecule has 1 aromatic heterocycles. The lowest BCUT2D eigenvalue weighted by molar-refractivity contribution is 0.622. The molecule has 0 saturated heterocycles. The Kier molecular flexibility index (Phi) is 2.37. The molecule has 2 rings (SSSR count). The number of nitrogens with zero attached hydrogens (tertiary/aromatic N) is 1. The van der Waals surface area contributed by atoms with E-state index in [1.54, 1.807) is 6.07 Å². The molecule has 0 unspecified atom stereocenters. The predicted octanol–water partition coefficient (Wildman–Crippen LogP) is 2.78. The van der Waals surface area contributed by atoms with Crippen molar-refractivity contribution in [2.45, 2.75) is 6.92 Å². The third-order valence-electron chi connectivity index (χ3n) is 2.26. The number of nitrogen functional groups attached to an aromatic ring is 1. The number of pyridine rings is 1. The summed E-state index contributed by atoms with van der Waals surface area (Å²) < 4.78 is 12.7. The Balaban J connectivity index is 2.53. The van der Waals surface area contributed by atoms with Gasteiger partial charge >= 0.3 is 0 Å². The summed E-state index contributed by atoms with van der Waals surface area (Å²) in [5, 5.41) is 0. The minimum Gasteiger partial charge on any atom is -0.399 e. The first-order chi connectivity index (χ1) is 7.16. The van der Waals surface area contributed by atoms with Crippen LogP contribution >= 0.6 is 0 Å². The highest BCUT2D eigenvalue weighted by Crippen LogP contribution is 2.23. The number of hydrogen-bond donors (Lipinski definition) is 1. The maximum Gasteiger partial charge on any atom is 0.141 e. The molecule has 0 radical (unpaired) electrons. The Bertz CT molecular complexity index is 477. The molecule has 0 bridgehead atoms. The quantitative estimate of drug-likeness (QED) is 0.722. The molecular weight excluding hydrogens is 191 g/mol. The van der Waals surface area contributed by atoms with Gasteiger partial charge in [-0.2, -0.15) is 0 Å². The Morgan fingerprint density at radius 2 is 2.00 bits per heavy atom. The molecule has 3 heteroatoms. The average molecular weight is 202 g/mol. The van der Waals surface area contributed by atoms with Crippen molar-refractivity contribution in [3.8, 4) is 11.3 Å². The van der Waals surface area contributed by atoms with Crippen molar-refractivity contribution in [2.24, 2.45) is 0 Å². The molecule has 76 valence electrons. The largest absolute Gasteiger partial charge is 0.399 e. The van der Waals surface area contributed by atoms with Crippen molar-refractivity contribution >= 4 is 5.69 Å². The van der Waals surface area contributed by atoms with Crippen molar-refractivity contribution in [1.82, 2.24) is 4.98 Å². The first kappa shape index (κ1) is 9.65. The molecule has 0 aliphatic heterocycles. The fraction of sp³-hybridized carbons (Fsp3) is 0.0833. The van der Waals surface area contributed by atoms with Crippen LogP contribution < -0.4 is 5.73 Å². The summed E-state index contributed by atoms with van der Waals surface area (Å²) in [7, 11) is 0. The SMILES string of the molecule is Cc1ccc(N)cc1-c1ccc(F)cn1. The van der Waals surface area contributed by atoms with E-state index in [-0.39, 0.29) is 5.82 Å². The number of halogens is 1. The number of hydrogen-bond acceptors (Lipinski definition) is 2. The topological polar surface area (TPSA) is 38.9 Å². The molecule has 0 fully saturated rings. The second-order valence-corrected chi connectivity index (χ2v) is 3.44. The zero-order valence-corrected chi connectivity index (χ0v) is 8.37. The van der Waals surface area contributed by atoms with Crippen LogP contribution in [0.25, 0.3) is 11.3 Å². The molecular formula is C12H11FN2. The number of aryl methyl sites for hydroxylation is 1. The van der Waals surface area contributed by atoms with E-state index in [4.69, 9.17) is 5.73 Å². The fourth-order valence-electron chi connectivity index (χ4n) is 1.45. The number of anilines is 1.